The molecule has 3 aliphatic rings. The number of carbonyl (C=O) groups excluding carboxylic acids is 2. The van der Waals surface area contributed by atoms with Crippen molar-refractivity contribution in [3.05, 3.63) is 89.0 Å². The molecule has 44 heavy (non-hydrogen) atoms. The van der Waals surface area contributed by atoms with E-state index in [0.717, 1.165) is 63.4 Å². The number of likely N-dealkylation sites (tertiary alicyclic amines) is 3. The van der Waals surface area contributed by atoms with Gasteiger partial charge < -0.3 is 14.7 Å². The summed E-state index contributed by atoms with van der Waals surface area (Å²) >= 11 is 0. The van der Waals surface area contributed by atoms with Crippen LogP contribution in [0, 0.1) is 25.7 Å². The van der Waals surface area contributed by atoms with Crippen LogP contribution < -0.4 is 5.14 Å². The van der Waals surface area contributed by atoms with Gasteiger partial charge in [-0.05, 0) is 86.7 Å². The number of nitrogens with two attached hydrogens (primary N) is 1. The van der Waals surface area contributed by atoms with Gasteiger partial charge in [0.2, 0.25) is 10.0 Å². The Balaban J connectivity index is 1.08. The zero-order valence-electron chi connectivity index (χ0n) is 25.4. The molecule has 11 heteroatoms. The highest BCUT2D eigenvalue weighted by molar-refractivity contribution is 7.89. The molecule has 3 saturated heterocycles. The van der Waals surface area contributed by atoms with Crippen molar-refractivity contribution < 1.29 is 18.0 Å². The minimum absolute atomic E-state index is 0.00265. The number of fused-ring (bicyclic) bond motifs is 1. The van der Waals surface area contributed by atoms with E-state index in [1.54, 1.807) is 0 Å². The van der Waals surface area contributed by atoms with Crippen molar-refractivity contribution in [1.29, 1.82) is 0 Å². The number of benzene rings is 2. The number of piperidine rings is 1. The Hall–Kier alpha value is -3.67. The van der Waals surface area contributed by atoms with E-state index in [0.29, 0.717) is 36.1 Å². The summed E-state index contributed by atoms with van der Waals surface area (Å²) in [6.07, 6.45) is 4.24. The number of amides is 2. The first-order valence-corrected chi connectivity index (χ1v) is 16.9. The third-order valence-electron chi connectivity index (χ3n) is 10.0. The predicted octanol–water partition coefficient (Wildman–Crippen LogP) is 3.01. The van der Waals surface area contributed by atoms with Crippen molar-refractivity contribution in [1.82, 2.24) is 24.7 Å². The van der Waals surface area contributed by atoms with Gasteiger partial charge in [-0.1, -0.05) is 30.3 Å². The topological polar surface area (TPSA) is 130 Å². The molecule has 4 heterocycles. The summed E-state index contributed by atoms with van der Waals surface area (Å²) in [5, 5.41) is 5.21. The second-order valence-electron chi connectivity index (χ2n) is 12.7. The molecular formula is C33H40N6O4S. The van der Waals surface area contributed by atoms with Crippen molar-refractivity contribution in [2.75, 3.05) is 45.8 Å². The minimum Gasteiger partial charge on any atom is -0.339 e. The molecule has 232 valence electrons. The third-order valence-corrected chi connectivity index (χ3v) is 10.9. The van der Waals surface area contributed by atoms with Gasteiger partial charge in [-0.2, -0.15) is 0 Å². The normalized spacial score (nSPS) is 21.8. The second kappa shape index (κ2) is 12.0. The van der Waals surface area contributed by atoms with E-state index in [4.69, 9.17) is 5.14 Å². The Morgan fingerprint density at radius 1 is 0.841 bits per heavy atom. The summed E-state index contributed by atoms with van der Waals surface area (Å²) < 4.78 is 23.2. The van der Waals surface area contributed by atoms with Gasteiger partial charge in [0.15, 0.2) is 0 Å². The highest BCUT2D eigenvalue weighted by Gasteiger charge is 2.44. The number of rotatable bonds is 7. The van der Waals surface area contributed by atoms with Crippen LogP contribution in [0.15, 0.2) is 65.8 Å². The van der Waals surface area contributed by atoms with E-state index in [1.165, 1.54) is 36.2 Å². The Morgan fingerprint density at radius 2 is 1.43 bits per heavy atom. The molecule has 1 aromatic heterocycles. The molecule has 10 nitrogen and oxygen atoms in total. The van der Waals surface area contributed by atoms with Gasteiger partial charge in [0.05, 0.1) is 21.8 Å². The maximum Gasteiger partial charge on any atom is 0.257 e. The van der Waals surface area contributed by atoms with Crippen LogP contribution in [0.2, 0.25) is 0 Å². The van der Waals surface area contributed by atoms with Crippen LogP contribution in [0.25, 0.3) is 0 Å². The van der Waals surface area contributed by atoms with Crippen molar-refractivity contribution >= 4 is 21.8 Å². The smallest absolute Gasteiger partial charge is 0.257 e. The zero-order valence-corrected chi connectivity index (χ0v) is 26.2. The summed E-state index contributed by atoms with van der Waals surface area (Å²) in [7, 11) is -3.81. The standard InChI is InChI=1S/C33H40N6O4S/c1-23-30(24(2)36-22-35-23)32(41)39-20-26-18-37(19-27(26)21-39)15-12-33(28-6-4-3-5-7-28)13-16-38(17-14-33)31(40)25-8-10-29(11-9-25)44(34,42)43/h3-11,22,26-27H,12-21H2,1-2H3,(H2,34,42,43). The molecule has 2 aromatic carbocycles. The third kappa shape index (κ3) is 6.00. The summed E-state index contributed by atoms with van der Waals surface area (Å²) in [5.41, 5.74) is 3.86. The van der Waals surface area contributed by atoms with Gasteiger partial charge in [0.1, 0.15) is 6.33 Å². The van der Waals surface area contributed by atoms with E-state index >= 15 is 0 Å². The fourth-order valence-corrected chi connectivity index (χ4v) is 7.97. The maximum absolute atomic E-state index is 13.3. The first kappa shape index (κ1) is 30.4. The van der Waals surface area contributed by atoms with Crippen molar-refractivity contribution in [3.63, 3.8) is 0 Å². The molecular weight excluding hydrogens is 576 g/mol. The lowest BCUT2D eigenvalue weighted by molar-refractivity contribution is 0.0650. The van der Waals surface area contributed by atoms with E-state index in [1.807, 2.05) is 29.7 Å². The van der Waals surface area contributed by atoms with E-state index < -0.39 is 10.0 Å². The Morgan fingerprint density at radius 3 is 2.00 bits per heavy atom. The quantitative estimate of drug-likeness (QED) is 0.432. The Bertz CT molecular complexity index is 1600. The Kier molecular flexibility index (Phi) is 8.29. The number of hydrogen-bond acceptors (Lipinski definition) is 7. The lowest BCUT2D eigenvalue weighted by Crippen LogP contribution is -2.46. The van der Waals surface area contributed by atoms with Crippen molar-refractivity contribution in [2.24, 2.45) is 17.0 Å². The van der Waals surface area contributed by atoms with Crippen LogP contribution in [-0.2, 0) is 15.4 Å². The zero-order chi connectivity index (χ0) is 31.1. The summed E-state index contributed by atoms with van der Waals surface area (Å²) in [6, 6.07) is 16.5. The SMILES string of the molecule is Cc1ncnc(C)c1C(=O)N1CC2CN(CCC3(c4ccccc4)CCN(C(=O)c4ccc(S(N)(=O)=O)cc4)CC3)CC2C1. The maximum atomic E-state index is 13.3. The van der Waals surface area contributed by atoms with Crippen LogP contribution in [-0.4, -0.2) is 90.7 Å². The molecule has 6 rings (SSSR count). The lowest BCUT2D eigenvalue weighted by Gasteiger charge is -2.43. The molecule has 2 N–H and O–H groups in total. The molecule has 3 aliphatic heterocycles. The average Bonchev–Trinajstić information content (AvgIpc) is 3.59. The minimum atomic E-state index is -3.81. The molecule has 0 spiro atoms. The summed E-state index contributed by atoms with van der Waals surface area (Å²) in [6.45, 7) is 9.51. The number of hydrogen-bond donors (Lipinski definition) is 1. The summed E-state index contributed by atoms with van der Waals surface area (Å²) in [5.74, 6) is 0.895. The van der Waals surface area contributed by atoms with E-state index in [2.05, 4.69) is 39.1 Å². The first-order chi connectivity index (χ1) is 21.0. The van der Waals surface area contributed by atoms with Crippen molar-refractivity contribution in [2.45, 2.75) is 43.4 Å². The predicted molar refractivity (Wildman–Crippen MR) is 167 cm³/mol. The molecule has 2 amide bonds. The fraction of sp³-hybridized carbons (Fsp3) is 0.455. The van der Waals surface area contributed by atoms with E-state index in [9.17, 15) is 18.0 Å². The lowest BCUT2D eigenvalue weighted by atomic mass is 9.70. The molecule has 3 aromatic rings. The molecule has 0 aliphatic carbocycles. The van der Waals surface area contributed by atoms with Gasteiger partial charge in [-0.25, -0.2) is 23.5 Å². The summed E-state index contributed by atoms with van der Waals surface area (Å²) in [4.78, 5) is 41.5. The second-order valence-corrected chi connectivity index (χ2v) is 14.2. The average molecular weight is 617 g/mol. The monoisotopic (exact) mass is 616 g/mol. The van der Waals surface area contributed by atoms with Crippen LogP contribution in [0.1, 0.15) is 56.9 Å². The van der Waals surface area contributed by atoms with Crippen LogP contribution in [0.5, 0.6) is 0 Å². The number of sulfonamides is 1. The number of carbonyl (C=O) groups is 2. The molecule has 0 saturated carbocycles. The van der Waals surface area contributed by atoms with Crippen LogP contribution in [0.3, 0.4) is 0 Å². The first-order valence-electron chi connectivity index (χ1n) is 15.3. The highest BCUT2D eigenvalue weighted by atomic mass is 32.2. The number of primary sulfonamides is 1. The molecule has 0 radical (unpaired) electrons. The van der Waals surface area contributed by atoms with Gasteiger partial charge in [-0.3, -0.25) is 9.59 Å². The van der Waals surface area contributed by atoms with Gasteiger partial charge in [0, 0.05) is 44.8 Å². The largest absolute Gasteiger partial charge is 0.339 e. The molecule has 2 unspecified atom stereocenters. The van der Waals surface area contributed by atoms with Crippen molar-refractivity contribution in [3.8, 4) is 0 Å². The van der Waals surface area contributed by atoms with Crippen LogP contribution >= 0.6 is 0 Å². The van der Waals surface area contributed by atoms with Gasteiger partial charge in [-0.15, -0.1) is 0 Å². The van der Waals surface area contributed by atoms with Gasteiger partial charge >= 0.3 is 0 Å². The van der Waals surface area contributed by atoms with Crippen LogP contribution in [0.4, 0.5) is 0 Å². The molecule has 2 atom stereocenters. The number of aryl methyl sites for hydroxylation is 2. The Labute approximate surface area is 259 Å². The number of aromatic nitrogens is 2. The molecule has 3 fully saturated rings. The highest BCUT2D eigenvalue weighted by Crippen LogP contribution is 2.40. The fourth-order valence-electron chi connectivity index (χ4n) is 7.45. The van der Waals surface area contributed by atoms with E-state index in [-0.39, 0.29) is 22.1 Å². The molecule has 0 bridgehead atoms. The van der Waals surface area contributed by atoms with Gasteiger partial charge in [0.25, 0.3) is 11.8 Å². The number of nitrogens with zero attached hydrogens (tertiary/aromatic N) is 5.